The molecule has 0 bridgehead atoms. The summed E-state index contributed by atoms with van der Waals surface area (Å²) in [5.74, 6) is -2.13. The molecule has 1 heterocycles. The number of hydrogen-bond acceptors (Lipinski definition) is 5. The van der Waals surface area contributed by atoms with Gasteiger partial charge < -0.3 is 25.1 Å². The van der Waals surface area contributed by atoms with Crippen molar-refractivity contribution in [2.45, 2.75) is 50.9 Å². The highest BCUT2D eigenvalue weighted by molar-refractivity contribution is 6.61. The quantitative estimate of drug-likeness (QED) is 0.609. The van der Waals surface area contributed by atoms with Crippen molar-refractivity contribution in [3.8, 4) is 5.75 Å². The first-order valence-electron chi connectivity index (χ1n) is 8.79. The van der Waals surface area contributed by atoms with Crippen molar-refractivity contribution in [2.75, 3.05) is 0 Å². The number of nitrogens with one attached hydrogen (secondary N) is 1. The minimum Gasteiger partial charge on any atom is -0.668 e. The Morgan fingerprint density at radius 1 is 1.20 bits per heavy atom. The minimum atomic E-state index is -3.38. The second-order valence-corrected chi connectivity index (χ2v) is 7.06. The highest BCUT2D eigenvalue weighted by atomic mass is 16.6. The van der Waals surface area contributed by atoms with Crippen LogP contribution in [0.4, 0.5) is 0 Å². The number of carbonyl (C=O) groups is 2. The van der Waals surface area contributed by atoms with Crippen LogP contribution in [-0.4, -0.2) is 39.7 Å². The lowest BCUT2D eigenvalue weighted by Crippen LogP contribution is -2.64. The zero-order valence-electron chi connectivity index (χ0n) is 14.0. The van der Waals surface area contributed by atoms with Crippen LogP contribution >= 0.6 is 0 Å². The zero-order chi connectivity index (χ0) is 18.0. The fraction of sp³-hybridized carbons (Fsp3) is 0.529. The molecule has 1 aromatic rings. The number of aromatic carboxylic acids is 1. The number of para-hydroxylation sites is 1. The number of amides is 1. The predicted octanol–water partition coefficient (Wildman–Crippen LogP) is 1.24. The molecule has 3 rings (SSSR count). The Balaban J connectivity index is 1.71. The maximum atomic E-state index is 12.3. The number of fused-ring (bicyclic) bond motifs is 1. The zero-order valence-corrected chi connectivity index (χ0v) is 14.0. The van der Waals surface area contributed by atoms with Crippen molar-refractivity contribution in [1.82, 2.24) is 5.32 Å². The van der Waals surface area contributed by atoms with E-state index in [1.165, 1.54) is 12.5 Å². The standard InChI is InChI=1S/C17H23BNO6/c20-15(9-11-5-2-1-3-6-11)19-14-10-12-7-4-8-13(17(21)22)16(12)25-18(14,23)24/h4,7-8,11,14,23-24H,1-3,5-6,9-10H2,(H,19,20)(H,21,22)/q-1/t14-/m0/s1. The Hall–Kier alpha value is -2.06. The summed E-state index contributed by atoms with van der Waals surface area (Å²) in [6.07, 6.45) is 5.98. The van der Waals surface area contributed by atoms with Gasteiger partial charge in [0.05, 0.1) is 11.3 Å². The molecule has 1 aliphatic heterocycles. The van der Waals surface area contributed by atoms with E-state index in [4.69, 9.17) is 4.65 Å². The number of carbonyl (C=O) groups excluding carboxylic acids is 1. The van der Waals surface area contributed by atoms with Crippen LogP contribution < -0.4 is 9.97 Å². The Labute approximate surface area is 146 Å². The van der Waals surface area contributed by atoms with Crippen LogP contribution in [0.5, 0.6) is 5.75 Å². The van der Waals surface area contributed by atoms with E-state index in [1.54, 1.807) is 12.1 Å². The van der Waals surface area contributed by atoms with Crippen LogP contribution in [0, 0.1) is 5.92 Å². The summed E-state index contributed by atoms with van der Waals surface area (Å²) in [5, 5.41) is 32.3. The summed E-state index contributed by atoms with van der Waals surface area (Å²) in [5.41, 5.74) is 0.405. The number of benzene rings is 1. The maximum Gasteiger partial charge on any atom is 0.452 e. The molecule has 0 saturated heterocycles. The van der Waals surface area contributed by atoms with E-state index in [0.29, 0.717) is 17.9 Å². The molecule has 2 aliphatic rings. The van der Waals surface area contributed by atoms with Crippen molar-refractivity contribution in [3.05, 3.63) is 29.3 Å². The highest BCUT2D eigenvalue weighted by Gasteiger charge is 2.41. The van der Waals surface area contributed by atoms with E-state index in [2.05, 4.69) is 5.32 Å². The second kappa shape index (κ2) is 7.05. The van der Waals surface area contributed by atoms with Crippen LogP contribution in [0.2, 0.25) is 0 Å². The van der Waals surface area contributed by atoms with E-state index in [-0.39, 0.29) is 23.6 Å². The molecule has 1 amide bonds. The molecular formula is C17H23BNO6-. The van der Waals surface area contributed by atoms with Gasteiger partial charge in [0.2, 0.25) is 5.91 Å². The van der Waals surface area contributed by atoms with E-state index in [0.717, 1.165) is 25.7 Å². The van der Waals surface area contributed by atoms with Crippen molar-refractivity contribution in [3.63, 3.8) is 0 Å². The third-order valence-electron chi connectivity index (χ3n) is 5.13. The normalized spacial score (nSPS) is 22.6. The van der Waals surface area contributed by atoms with E-state index in [1.807, 2.05) is 0 Å². The van der Waals surface area contributed by atoms with Crippen LogP contribution in [-0.2, 0) is 11.2 Å². The first-order chi connectivity index (χ1) is 11.9. The Morgan fingerprint density at radius 3 is 2.60 bits per heavy atom. The minimum absolute atomic E-state index is 0.0437. The summed E-state index contributed by atoms with van der Waals surface area (Å²) in [6, 6.07) is 4.57. The number of hydrogen-bond donors (Lipinski definition) is 4. The smallest absolute Gasteiger partial charge is 0.452 e. The third kappa shape index (κ3) is 3.96. The molecule has 0 spiro atoms. The molecule has 4 N–H and O–H groups in total. The molecule has 1 saturated carbocycles. The van der Waals surface area contributed by atoms with Gasteiger partial charge in [0.15, 0.2) is 0 Å². The average Bonchev–Trinajstić information content (AvgIpc) is 2.55. The Morgan fingerprint density at radius 2 is 1.92 bits per heavy atom. The summed E-state index contributed by atoms with van der Waals surface area (Å²) in [7, 11) is 0. The second-order valence-electron chi connectivity index (χ2n) is 7.06. The summed E-state index contributed by atoms with van der Waals surface area (Å²) in [6.45, 7) is -3.38. The summed E-state index contributed by atoms with van der Waals surface area (Å²) in [4.78, 5) is 23.5. The van der Waals surface area contributed by atoms with Gasteiger partial charge in [-0.2, -0.15) is 0 Å². The fourth-order valence-electron chi connectivity index (χ4n) is 3.78. The largest absolute Gasteiger partial charge is 0.668 e. The predicted molar refractivity (Wildman–Crippen MR) is 91.0 cm³/mol. The van der Waals surface area contributed by atoms with E-state index in [9.17, 15) is 24.7 Å². The van der Waals surface area contributed by atoms with E-state index < -0.39 is 18.7 Å². The SMILES string of the molecule is O=C(CC1CCCCC1)N[C@H]1Cc2cccc(C(=O)O)c2O[B-]1(O)O. The Bertz CT molecular complexity index is 671. The third-order valence-corrected chi connectivity index (χ3v) is 5.13. The van der Waals surface area contributed by atoms with Gasteiger partial charge in [0.1, 0.15) is 0 Å². The lowest BCUT2D eigenvalue weighted by molar-refractivity contribution is -0.122. The average molecular weight is 348 g/mol. The summed E-state index contributed by atoms with van der Waals surface area (Å²) < 4.78 is 5.19. The lowest BCUT2D eigenvalue weighted by Gasteiger charge is -2.44. The molecule has 1 aliphatic carbocycles. The number of carboxylic acids is 1. The van der Waals surface area contributed by atoms with Crippen molar-refractivity contribution in [1.29, 1.82) is 0 Å². The van der Waals surface area contributed by atoms with Gasteiger partial charge in [-0.05, 0) is 36.8 Å². The van der Waals surface area contributed by atoms with Crippen LogP contribution in [0.15, 0.2) is 18.2 Å². The molecule has 0 radical (unpaired) electrons. The van der Waals surface area contributed by atoms with Crippen molar-refractivity contribution < 1.29 is 29.4 Å². The maximum absolute atomic E-state index is 12.3. The molecule has 0 unspecified atom stereocenters. The van der Waals surface area contributed by atoms with Gasteiger partial charge in [-0.25, -0.2) is 4.79 Å². The van der Waals surface area contributed by atoms with Gasteiger partial charge in [-0.15, -0.1) is 0 Å². The molecule has 25 heavy (non-hydrogen) atoms. The first-order valence-corrected chi connectivity index (χ1v) is 8.79. The number of carboxylic acid groups (broad SMARTS) is 1. The molecule has 136 valence electrons. The molecule has 1 aromatic carbocycles. The monoisotopic (exact) mass is 348 g/mol. The molecule has 1 fully saturated rings. The van der Waals surface area contributed by atoms with Crippen molar-refractivity contribution in [2.24, 2.45) is 5.92 Å². The van der Waals surface area contributed by atoms with Crippen LogP contribution in [0.25, 0.3) is 0 Å². The van der Waals surface area contributed by atoms with Gasteiger partial charge in [-0.3, -0.25) is 4.79 Å². The van der Waals surface area contributed by atoms with Gasteiger partial charge in [0, 0.05) is 12.4 Å². The summed E-state index contributed by atoms with van der Waals surface area (Å²) >= 11 is 0. The van der Waals surface area contributed by atoms with Crippen molar-refractivity contribution >= 4 is 18.6 Å². The first kappa shape index (κ1) is 17.8. The van der Waals surface area contributed by atoms with Gasteiger partial charge >= 0.3 is 12.7 Å². The molecule has 1 atom stereocenters. The van der Waals surface area contributed by atoms with Gasteiger partial charge in [0.25, 0.3) is 0 Å². The van der Waals surface area contributed by atoms with E-state index >= 15 is 0 Å². The fourth-order valence-corrected chi connectivity index (χ4v) is 3.78. The van der Waals surface area contributed by atoms with Gasteiger partial charge in [-0.1, -0.05) is 31.4 Å². The Kier molecular flexibility index (Phi) is 5.01. The van der Waals surface area contributed by atoms with Crippen LogP contribution in [0.3, 0.4) is 0 Å². The molecule has 7 nitrogen and oxygen atoms in total. The molecule has 0 aromatic heterocycles. The number of rotatable bonds is 4. The molecular weight excluding hydrogens is 325 g/mol. The molecule has 8 heteroatoms. The topological polar surface area (TPSA) is 116 Å². The highest BCUT2D eigenvalue weighted by Crippen LogP contribution is 2.33. The van der Waals surface area contributed by atoms with Crippen LogP contribution in [0.1, 0.15) is 54.4 Å². The lowest BCUT2D eigenvalue weighted by atomic mass is 9.64.